The number of ether oxygens (including phenoxy) is 1. The predicted octanol–water partition coefficient (Wildman–Crippen LogP) is 5.25. The zero-order valence-corrected chi connectivity index (χ0v) is 21.1. The first-order valence-electron chi connectivity index (χ1n) is 11.2. The molecule has 2 aromatic carbocycles. The first-order valence-corrected chi connectivity index (χ1v) is 12.5. The van der Waals surface area contributed by atoms with E-state index in [0.29, 0.717) is 23.8 Å². The number of thiophene rings is 1. The molecule has 0 atom stereocenters. The zero-order valence-electron chi connectivity index (χ0n) is 19.4. The van der Waals surface area contributed by atoms with Crippen molar-refractivity contribution in [1.82, 2.24) is 19.6 Å². The molecule has 5 rings (SSSR count). The van der Waals surface area contributed by atoms with Crippen molar-refractivity contribution in [3.8, 4) is 22.0 Å². The number of benzene rings is 2. The van der Waals surface area contributed by atoms with E-state index in [1.807, 2.05) is 96.1 Å². The highest BCUT2D eigenvalue weighted by Crippen LogP contribution is 2.31. The summed E-state index contributed by atoms with van der Waals surface area (Å²) >= 11 is 7.25. The molecule has 3 heterocycles. The molecule has 1 fully saturated rings. The molecule has 0 N–H and O–H groups in total. The fourth-order valence-electron chi connectivity index (χ4n) is 4.00. The predicted molar refractivity (Wildman–Crippen MR) is 144 cm³/mol. The van der Waals surface area contributed by atoms with Gasteiger partial charge in [0.2, 0.25) is 0 Å². The number of hydrogen-bond acceptors (Lipinski definition) is 5. The van der Waals surface area contributed by atoms with E-state index < -0.39 is 0 Å². The van der Waals surface area contributed by atoms with Gasteiger partial charge in [-0.05, 0) is 66.0 Å². The second-order valence-electron chi connectivity index (χ2n) is 8.12. The Morgan fingerprint density at radius 1 is 1.06 bits per heavy atom. The Hall–Kier alpha value is -3.75. The Morgan fingerprint density at radius 2 is 1.83 bits per heavy atom. The molecule has 1 aliphatic rings. The first-order chi connectivity index (χ1) is 17.0. The molecule has 8 heteroatoms. The van der Waals surface area contributed by atoms with Gasteiger partial charge in [0, 0.05) is 25.4 Å². The van der Waals surface area contributed by atoms with Crippen molar-refractivity contribution in [1.29, 1.82) is 0 Å². The summed E-state index contributed by atoms with van der Waals surface area (Å²) in [5.74, 6) is 0.708. The zero-order chi connectivity index (χ0) is 24.4. The fourth-order valence-corrected chi connectivity index (χ4v) is 5.00. The van der Waals surface area contributed by atoms with Gasteiger partial charge < -0.3 is 9.64 Å². The van der Waals surface area contributed by atoms with Gasteiger partial charge in [0.25, 0.3) is 5.91 Å². The van der Waals surface area contributed by atoms with Gasteiger partial charge in [-0.2, -0.15) is 5.10 Å². The van der Waals surface area contributed by atoms with Crippen molar-refractivity contribution in [3.05, 3.63) is 95.1 Å². The van der Waals surface area contributed by atoms with Crippen molar-refractivity contribution in [2.24, 2.45) is 0 Å². The number of amides is 1. The maximum Gasteiger partial charge on any atom is 0.276 e. The van der Waals surface area contributed by atoms with E-state index in [2.05, 4.69) is 0 Å². The monoisotopic (exact) mass is 500 g/mol. The molecule has 0 bridgehead atoms. The minimum Gasteiger partial charge on any atom is -0.497 e. The highest BCUT2D eigenvalue weighted by atomic mass is 32.1. The fraction of sp³-hybridized carbons (Fsp3) is 0.148. The molecule has 0 spiro atoms. The molecule has 35 heavy (non-hydrogen) atoms. The summed E-state index contributed by atoms with van der Waals surface area (Å²) in [6.45, 7) is 0.507. The Balaban J connectivity index is 1.44. The molecule has 0 saturated carbocycles. The van der Waals surface area contributed by atoms with E-state index in [0.717, 1.165) is 33.1 Å². The molecular formula is C27H24N4O2S2. The number of hydrogen-bond donors (Lipinski definition) is 0. The van der Waals surface area contributed by atoms with Crippen LogP contribution < -0.4 is 4.74 Å². The quantitative estimate of drug-likeness (QED) is 0.256. The van der Waals surface area contributed by atoms with Gasteiger partial charge >= 0.3 is 0 Å². The molecule has 176 valence electrons. The standard InChI is InChI=1S/C27H24N4O2S2/c1-29-23(26(32)30(27(29)34)15-14-19-10-12-22(33-2)13-11-19)17-20-18-31(21-7-4-3-5-8-21)28-25(20)24-9-6-16-35-24/h3-13,16-18H,14-15H2,1-2H3/b23-17+. The lowest BCUT2D eigenvalue weighted by Crippen LogP contribution is -2.33. The van der Waals surface area contributed by atoms with E-state index in [1.165, 1.54) is 0 Å². The smallest absolute Gasteiger partial charge is 0.276 e. The summed E-state index contributed by atoms with van der Waals surface area (Å²) in [6, 6.07) is 21.8. The van der Waals surface area contributed by atoms with E-state index >= 15 is 0 Å². The van der Waals surface area contributed by atoms with Gasteiger partial charge in [-0.25, -0.2) is 4.68 Å². The summed E-state index contributed by atoms with van der Waals surface area (Å²) in [5, 5.41) is 7.37. The van der Waals surface area contributed by atoms with Gasteiger partial charge in [0.1, 0.15) is 17.1 Å². The molecule has 0 radical (unpaired) electrons. The van der Waals surface area contributed by atoms with Gasteiger partial charge in [-0.3, -0.25) is 9.69 Å². The number of nitrogens with zero attached hydrogens (tertiary/aromatic N) is 4. The normalized spacial score (nSPS) is 14.9. The van der Waals surface area contributed by atoms with E-state index in [9.17, 15) is 4.79 Å². The second-order valence-corrected chi connectivity index (χ2v) is 9.43. The molecular weight excluding hydrogens is 476 g/mol. The van der Waals surface area contributed by atoms with Crippen molar-refractivity contribution >= 4 is 40.7 Å². The van der Waals surface area contributed by atoms with E-state index in [4.69, 9.17) is 22.1 Å². The highest BCUT2D eigenvalue weighted by Gasteiger charge is 2.35. The van der Waals surface area contributed by atoms with Gasteiger partial charge in [-0.15, -0.1) is 11.3 Å². The molecule has 0 unspecified atom stereocenters. The Morgan fingerprint density at radius 3 is 2.51 bits per heavy atom. The molecule has 4 aromatic rings. The van der Waals surface area contributed by atoms with Crippen LogP contribution in [0.3, 0.4) is 0 Å². The van der Waals surface area contributed by atoms with Crippen LogP contribution >= 0.6 is 23.6 Å². The number of thiocarbonyl (C=S) groups is 1. The van der Waals surface area contributed by atoms with Crippen LogP contribution in [0.1, 0.15) is 11.1 Å². The minimum atomic E-state index is -0.101. The Kier molecular flexibility index (Phi) is 6.48. The average Bonchev–Trinajstić information content (AvgIpc) is 3.61. The highest BCUT2D eigenvalue weighted by molar-refractivity contribution is 7.80. The van der Waals surface area contributed by atoms with Gasteiger partial charge in [-0.1, -0.05) is 36.4 Å². The number of para-hydroxylation sites is 1. The molecule has 6 nitrogen and oxygen atoms in total. The summed E-state index contributed by atoms with van der Waals surface area (Å²) in [5.41, 5.74) is 4.31. The van der Waals surface area contributed by atoms with Crippen LogP contribution in [0.25, 0.3) is 22.3 Å². The summed E-state index contributed by atoms with van der Waals surface area (Å²) in [7, 11) is 3.49. The molecule has 1 saturated heterocycles. The van der Waals surface area contributed by atoms with Gasteiger partial charge in [0.15, 0.2) is 5.11 Å². The lowest BCUT2D eigenvalue weighted by atomic mass is 10.1. The van der Waals surface area contributed by atoms with Crippen molar-refractivity contribution < 1.29 is 9.53 Å². The van der Waals surface area contributed by atoms with Crippen LogP contribution in [0.4, 0.5) is 0 Å². The van der Waals surface area contributed by atoms with E-state index in [-0.39, 0.29) is 5.91 Å². The largest absolute Gasteiger partial charge is 0.497 e. The van der Waals surface area contributed by atoms with Crippen molar-refractivity contribution in [3.63, 3.8) is 0 Å². The van der Waals surface area contributed by atoms with E-state index in [1.54, 1.807) is 28.2 Å². The lowest BCUT2D eigenvalue weighted by Gasteiger charge is -2.16. The third-order valence-electron chi connectivity index (χ3n) is 5.94. The second kappa shape index (κ2) is 9.85. The Labute approximate surface area is 213 Å². The van der Waals surface area contributed by atoms with Crippen LogP contribution in [0.15, 0.2) is 84.0 Å². The molecule has 0 aliphatic carbocycles. The maximum absolute atomic E-state index is 13.4. The number of methoxy groups -OCH3 is 1. The van der Waals surface area contributed by atoms with Crippen LogP contribution in [0, 0.1) is 0 Å². The third kappa shape index (κ3) is 4.62. The first kappa shape index (κ1) is 23.0. The average molecular weight is 501 g/mol. The molecule has 1 aliphatic heterocycles. The minimum absolute atomic E-state index is 0.101. The third-order valence-corrected chi connectivity index (χ3v) is 7.31. The molecule has 1 amide bonds. The SMILES string of the molecule is COc1ccc(CCN2C(=O)/C(=C\c3cn(-c4ccccc4)nc3-c3cccs3)N(C)C2=S)cc1. The van der Waals surface area contributed by atoms with Crippen molar-refractivity contribution in [2.75, 3.05) is 20.7 Å². The number of carbonyl (C=O) groups excluding carboxylic acids is 1. The van der Waals surface area contributed by atoms with Crippen LogP contribution in [0.5, 0.6) is 5.75 Å². The topological polar surface area (TPSA) is 50.6 Å². The number of aromatic nitrogens is 2. The number of carbonyl (C=O) groups is 1. The van der Waals surface area contributed by atoms with Gasteiger partial charge in [0.05, 0.1) is 17.7 Å². The summed E-state index contributed by atoms with van der Waals surface area (Å²) < 4.78 is 7.07. The number of likely N-dealkylation sites (N-methyl/N-ethyl adjacent to an activating group) is 1. The lowest BCUT2D eigenvalue weighted by molar-refractivity contribution is -0.122. The van der Waals surface area contributed by atoms with Crippen LogP contribution in [0.2, 0.25) is 0 Å². The number of rotatable bonds is 7. The maximum atomic E-state index is 13.4. The molecule has 2 aromatic heterocycles. The summed E-state index contributed by atoms with van der Waals surface area (Å²) in [6.07, 6.45) is 4.55. The Bertz CT molecular complexity index is 1380. The van der Waals surface area contributed by atoms with Crippen LogP contribution in [-0.2, 0) is 11.2 Å². The summed E-state index contributed by atoms with van der Waals surface area (Å²) in [4.78, 5) is 17.9. The van der Waals surface area contributed by atoms with Crippen molar-refractivity contribution in [2.45, 2.75) is 6.42 Å². The van der Waals surface area contributed by atoms with Crippen LogP contribution in [-0.4, -0.2) is 51.3 Å².